The Balaban J connectivity index is 1.51. The van der Waals surface area contributed by atoms with Crippen LogP contribution in [0.2, 0.25) is 0 Å². The summed E-state index contributed by atoms with van der Waals surface area (Å²) in [5, 5.41) is 6.12. The zero-order valence-corrected chi connectivity index (χ0v) is 15.9. The van der Waals surface area contributed by atoms with Crippen LogP contribution in [0.3, 0.4) is 0 Å². The number of hydrogen-bond acceptors (Lipinski definition) is 5. The van der Waals surface area contributed by atoms with E-state index in [-0.39, 0.29) is 5.91 Å². The van der Waals surface area contributed by atoms with Crippen molar-refractivity contribution >= 4 is 17.3 Å². The highest BCUT2D eigenvalue weighted by molar-refractivity contribution is 6.03. The normalized spacial score (nSPS) is 10.2. The van der Waals surface area contributed by atoms with Gasteiger partial charge in [0.1, 0.15) is 17.2 Å². The third kappa shape index (κ3) is 5.23. The number of methoxy groups -OCH3 is 2. The minimum atomic E-state index is -0.266. The van der Waals surface area contributed by atoms with Gasteiger partial charge in [0.05, 0.1) is 26.1 Å². The van der Waals surface area contributed by atoms with Gasteiger partial charge in [0, 0.05) is 18.3 Å². The SMILES string of the molecule is COc1ccc(CCNc2ccc(C(=O)Nc3cccc(OC)c3)nc2)cc1. The van der Waals surface area contributed by atoms with E-state index >= 15 is 0 Å². The number of pyridine rings is 1. The molecule has 3 rings (SSSR count). The van der Waals surface area contributed by atoms with E-state index in [1.165, 1.54) is 5.56 Å². The van der Waals surface area contributed by atoms with Gasteiger partial charge >= 0.3 is 0 Å². The summed E-state index contributed by atoms with van der Waals surface area (Å²) in [5.74, 6) is 1.27. The molecule has 1 amide bonds. The van der Waals surface area contributed by atoms with Crippen LogP contribution in [0.4, 0.5) is 11.4 Å². The van der Waals surface area contributed by atoms with Gasteiger partial charge < -0.3 is 20.1 Å². The molecule has 0 aliphatic heterocycles. The second kappa shape index (κ2) is 9.41. The monoisotopic (exact) mass is 377 g/mol. The molecule has 2 N–H and O–H groups in total. The summed E-state index contributed by atoms with van der Waals surface area (Å²) in [7, 11) is 3.24. The third-order valence-electron chi connectivity index (χ3n) is 4.23. The molecule has 0 spiro atoms. The molecule has 0 saturated carbocycles. The van der Waals surface area contributed by atoms with Gasteiger partial charge in [-0.2, -0.15) is 0 Å². The van der Waals surface area contributed by atoms with Crippen molar-refractivity contribution in [1.29, 1.82) is 0 Å². The van der Waals surface area contributed by atoms with Crippen molar-refractivity contribution in [3.63, 3.8) is 0 Å². The molecule has 144 valence electrons. The van der Waals surface area contributed by atoms with Crippen LogP contribution < -0.4 is 20.1 Å². The number of carbonyl (C=O) groups excluding carboxylic acids is 1. The van der Waals surface area contributed by atoms with E-state index in [1.807, 2.05) is 42.5 Å². The number of aromatic nitrogens is 1. The molecule has 2 aromatic carbocycles. The van der Waals surface area contributed by atoms with Crippen LogP contribution in [0.15, 0.2) is 66.9 Å². The van der Waals surface area contributed by atoms with E-state index in [2.05, 4.69) is 15.6 Å². The number of benzene rings is 2. The fourth-order valence-corrected chi connectivity index (χ4v) is 2.67. The van der Waals surface area contributed by atoms with Crippen molar-refractivity contribution in [3.8, 4) is 11.5 Å². The molecule has 0 aliphatic rings. The van der Waals surface area contributed by atoms with Gasteiger partial charge in [-0.05, 0) is 48.4 Å². The summed E-state index contributed by atoms with van der Waals surface area (Å²) in [6.45, 7) is 0.767. The first-order valence-corrected chi connectivity index (χ1v) is 8.96. The molecule has 3 aromatic rings. The summed E-state index contributed by atoms with van der Waals surface area (Å²) in [4.78, 5) is 16.6. The lowest BCUT2D eigenvalue weighted by molar-refractivity contribution is 0.102. The van der Waals surface area contributed by atoms with Crippen molar-refractivity contribution in [2.24, 2.45) is 0 Å². The Hall–Kier alpha value is -3.54. The zero-order valence-electron chi connectivity index (χ0n) is 15.9. The van der Waals surface area contributed by atoms with Crippen LogP contribution in [0, 0.1) is 0 Å². The highest BCUT2D eigenvalue weighted by atomic mass is 16.5. The average Bonchev–Trinajstić information content (AvgIpc) is 2.75. The molecular weight excluding hydrogens is 354 g/mol. The van der Waals surface area contributed by atoms with Crippen LogP contribution in [0.25, 0.3) is 0 Å². The molecule has 0 bridgehead atoms. The van der Waals surface area contributed by atoms with E-state index in [1.54, 1.807) is 38.6 Å². The number of nitrogens with one attached hydrogen (secondary N) is 2. The lowest BCUT2D eigenvalue weighted by Gasteiger charge is -2.09. The van der Waals surface area contributed by atoms with Gasteiger partial charge in [0.15, 0.2) is 0 Å². The molecule has 0 atom stereocenters. The molecule has 28 heavy (non-hydrogen) atoms. The van der Waals surface area contributed by atoms with Crippen LogP contribution in [0.1, 0.15) is 16.1 Å². The molecule has 0 fully saturated rings. The van der Waals surface area contributed by atoms with E-state index < -0.39 is 0 Å². The van der Waals surface area contributed by atoms with Gasteiger partial charge in [-0.25, -0.2) is 4.98 Å². The zero-order chi connectivity index (χ0) is 19.8. The molecule has 0 radical (unpaired) electrons. The Bertz CT molecular complexity index is 909. The molecule has 0 saturated heterocycles. The van der Waals surface area contributed by atoms with Crippen LogP contribution in [-0.4, -0.2) is 31.7 Å². The van der Waals surface area contributed by atoms with Gasteiger partial charge in [-0.1, -0.05) is 18.2 Å². The number of amides is 1. The van der Waals surface area contributed by atoms with Gasteiger partial charge in [-0.15, -0.1) is 0 Å². The Morgan fingerprint density at radius 1 is 0.929 bits per heavy atom. The number of hydrogen-bond donors (Lipinski definition) is 2. The van der Waals surface area contributed by atoms with Crippen LogP contribution >= 0.6 is 0 Å². The minimum absolute atomic E-state index is 0.266. The van der Waals surface area contributed by atoms with Gasteiger partial charge in [0.25, 0.3) is 5.91 Å². The van der Waals surface area contributed by atoms with Crippen LogP contribution in [0.5, 0.6) is 11.5 Å². The van der Waals surface area contributed by atoms with Crippen LogP contribution in [-0.2, 0) is 6.42 Å². The van der Waals surface area contributed by atoms with Crippen molar-refractivity contribution in [3.05, 3.63) is 78.1 Å². The molecule has 0 aliphatic carbocycles. The second-order valence-electron chi connectivity index (χ2n) is 6.14. The quantitative estimate of drug-likeness (QED) is 0.621. The smallest absolute Gasteiger partial charge is 0.274 e. The maximum absolute atomic E-state index is 12.3. The summed E-state index contributed by atoms with van der Waals surface area (Å²) in [6, 6.07) is 18.7. The van der Waals surface area contributed by atoms with E-state index in [0.717, 1.165) is 24.4 Å². The average molecular weight is 377 g/mol. The van der Waals surface area contributed by atoms with E-state index in [4.69, 9.17) is 9.47 Å². The Kier molecular flexibility index (Phi) is 6.46. The largest absolute Gasteiger partial charge is 0.497 e. The van der Waals surface area contributed by atoms with Gasteiger partial charge in [-0.3, -0.25) is 4.79 Å². The van der Waals surface area contributed by atoms with Crippen molar-refractivity contribution in [2.45, 2.75) is 6.42 Å². The summed E-state index contributed by atoms with van der Waals surface area (Å²) in [5.41, 5.74) is 3.10. The predicted octanol–water partition coefficient (Wildman–Crippen LogP) is 4.01. The lowest BCUT2D eigenvalue weighted by atomic mass is 10.1. The Labute approximate surface area is 164 Å². The minimum Gasteiger partial charge on any atom is -0.497 e. The number of anilines is 2. The Morgan fingerprint density at radius 2 is 1.71 bits per heavy atom. The third-order valence-corrected chi connectivity index (χ3v) is 4.23. The predicted molar refractivity (Wildman–Crippen MR) is 110 cm³/mol. The first-order chi connectivity index (χ1) is 13.7. The van der Waals surface area contributed by atoms with Crippen molar-refractivity contribution in [1.82, 2.24) is 4.98 Å². The number of carbonyl (C=O) groups is 1. The topological polar surface area (TPSA) is 72.5 Å². The first kappa shape index (κ1) is 19.2. The maximum Gasteiger partial charge on any atom is 0.274 e. The fourth-order valence-electron chi connectivity index (χ4n) is 2.67. The molecule has 1 aromatic heterocycles. The standard InChI is InChI=1S/C22H23N3O3/c1-27-19-9-6-16(7-10-19)12-13-23-18-8-11-21(24-15-18)22(26)25-17-4-3-5-20(14-17)28-2/h3-11,14-15,23H,12-13H2,1-2H3,(H,25,26). The summed E-state index contributed by atoms with van der Waals surface area (Å²) >= 11 is 0. The second-order valence-corrected chi connectivity index (χ2v) is 6.14. The van der Waals surface area contributed by atoms with E-state index in [0.29, 0.717) is 17.1 Å². The molecule has 6 heteroatoms. The molecular formula is C22H23N3O3. The van der Waals surface area contributed by atoms with Crippen molar-refractivity contribution in [2.75, 3.05) is 31.4 Å². The van der Waals surface area contributed by atoms with Gasteiger partial charge in [0.2, 0.25) is 0 Å². The Morgan fingerprint density at radius 3 is 2.39 bits per heavy atom. The number of nitrogens with zero attached hydrogens (tertiary/aromatic N) is 1. The van der Waals surface area contributed by atoms with Crippen molar-refractivity contribution < 1.29 is 14.3 Å². The lowest BCUT2D eigenvalue weighted by Crippen LogP contribution is -2.14. The summed E-state index contributed by atoms with van der Waals surface area (Å²) < 4.78 is 10.3. The number of ether oxygens (including phenoxy) is 2. The number of rotatable bonds is 8. The molecule has 1 heterocycles. The maximum atomic E-state index is 12.3. The summed E-state index contributed by atoms with van der Waals surface area (Å²) in [6.07, 6.45) is 2.54. The fraction of sp³-hybridized carbons (Fsp3) is 0.182. The molecule has 0 unspecified atom stereocenters. The molecule has 6 nitrogen and oxygen atoms in total. The van der Waals surface area contributed by atoms with E-state index in [9.17, 15) is 4.79 Å². The first-order valence-electron chi connectivity index (χ1n) is 8.96. The highest BCUT2D eigenvalue weighted by Gasteiger charge is 2.08. The highest BCUT2D eigenvalue weighted by Crippen LogP contribution is 2.17.